The third-order valence-corrected chi connectivity index (χ3v) is 3.93. The van der Waals surface area contributed by atoms with Crippen molar-refractivity contribution < 1.29 is 4.74 Å². The highest BCUT2D eigenvalue weighted by Gasteiger charge is 2.23. The topological polar surface area (TPSA) is 38.5 Å². The van der Waals surface area contributed by atoms with Crippen molar-refractivity contribution in [2.45, 2.75) is 45.2 Å². The Hall–Kier alpha value is -1.22. The first-order valence-electron chi connectivity index (χ1n) is 6.93. The van der Waals surface area contributed by atoms with E-state index in [1.54, 1.807) is 7.11 Å². The number of hydrogen-bond donors (Lipinski definition) is 1. The van der Waals surface area contributed by atoms with Crippen LogP contribution in [0, 0.1) is 0 Å². The van der Waals surface area contributed by atoms with E-state index in [9.17, 15) is 0 Å². The molecule has 0 radical (unpaired) electrons. The molecule has 0 bridgehead atoms. The fourth-order valence-corrected chi connectivity index (χ4v) is 2.95. The van der Waals surface area contributed by atoms with Crippen molar-refractivity contribution in [2.75, 3.05) is 18.6 Å². The predicted molar refractivity (Wildman–Crippen MR) is 76.2 cm³/mol. The quantitative estimate of drug-likeness (QED) is 0.870. The molecule has 0 aliphatic heterocycles. The van der Waals surface area contributed by atoms with Gasteiger partial charge in [0.2, 0.25) is 0 Å². The summed E-state index contributed by atoms with van der Waals surface area (Å²) in [5, 5.41) is 0. The predicted octanol–water partition coefficient (Wildman–Crippen LogP) is 2.92. The second kappa shape index (κ2) is 6.10. The van der Waals surface area contributed by atoms with Gasteiger partial charge in [0.25, 0.3) is 0 Å². The Morgan fingerprint density at radius 1 is 1.33 bits per heavy atom. The highest BCUT2D eigenvalue weighted by Crippen LogP contribution is 2.32. The standard InChI is InChI=1S/C15H24N2O/c1-3-17(13-6-4-5-7-13)15-10-14(18-2)9-8-12(15)11-16/h8-10,13H,3-7,11,16H2,1-2H3. The zero-order valence-electron chi connectivity index (χ0n) is 11.5. The number of nitrogens with two attached hydrogens (primary N) is 1. The summed E-state index contributed by atoms with van der Waals surface area (Å²) in [6.07, 6.45) is 5.30. The maximum absolute atomic E-state index is 5.87. The van der Waals surface area contributed by atoms with Crippen LogP contribution < -0.4 is 15.4 Å². The summed E-state index contributed by atoms with van der Waals surface area (Å²) in [6.45, 7) is 3.84. The van der Waals surface area contributed by atoms with Crippen LogP contribution in [0.15, 0.2) is 18.2 Å². The molecular formula is C15H24N2O. The molecule has 1 fully saturated rings. The van der Waals surface area contributed by atoms with Crippen LogP contribution in [0.25, 0.3) is 0 Å². The SMILES string of the molecule is CCN(c1cc(OC)ccc1CN)C1CCCC1. The molecule has 1 aliphatic carbocycles. The molecule has 0 aromatic heterocycles. The lowest BCUT2D eigenvalue weighted by Crippen LogP contribution is -2.34. The van der Waals surface area contributed by atoms with E-state index in [2.05, 4.69) is 24.0 Å². The van der Waals surface area contributed by atoms with Gasteiger partial charge in [-0.1, -0.05) is 18.9 Å². The average Bonchev–Trinajstić information content (AvgIpc) is 2.93. The molecule has 1 aromatic carbocycles. The monoisotopic (exact) mass is 248 g/mol. The lowest BCUT2D eigenvalue weighted by molar-refractivity contribution is 0.414. The highest BCUT2D eigenvalue weighted by atomic mass is 16.5. The summed E-state index contributed by atoms with van der Waals surface area (Å²) in [6, 6.07) is 6.89. The Morgan fingerprint density at radius 3 is 2.61 bits per heavy atom. The van der Waals surface area contributed by atoms with Crippen LogP contribution >= 0.6 is 0 Å². The molecule has 1 aliphatic rings. The van der Waals surface area contributed by atoms with E-state index in [4.69, 9.17) is 10.5 Å². The Kier molecular flexibility index (Phi) is 4.48. The first kappa shape index (κ1) is 13.2. The maximum atomic E-state index is 5.87. The van der Waals surface area contributed by atoms with E-state index in [0.717, 1.165) is 12.3 Å². The molecule has 2 rings (SSSR count). The third kappa shape index (κ3) is 2.61. The van der Waals surface area contributed by atoms with Crippen LogP contribution in [0.3, 0.4) is 0 Å². The van der Waals surface area contributed by atoms with E-state index in [-0.39, 0.29) is 0 Å². The van der Waals surface area contributed by atoms with Crippen molar-refractivity contribution in [2.24, 2.45) is 5.73 Å². The van der Waals surface area contributed by atoms with Crippen molar-refractivity contribution in [1.82, 2.24) is 0 Å². The van der Waals surface area contributed by atoms with Gasteiger partial charge >= 0.3 is 0 Å². The van der Waals surface area contributed by atoms with Crippen molar-refractivity contribution in [3.05, 3.63) is 23.8 Å². The molecule has 1 saturated carbocycles. The van der Waals surface area contributed by atoms with E-state index in [0.29, 0.717) is 12.6 Å². The number of benzene rings is 1. The Morgan fingerprint density at radius 2 is 2.06 bits per heavy atom. The highest BCUT2D eigenvalue weighted by molar-refractivity contribution is 5.58. The number of ether oxygens (including phenoxy) is 1. The van der Waals surface area contributed by atoms with Gasteiger partial charge in [-0.3, -0.25) is 0 Å². The van der Waals surface area contributed by atoms with Crippen molar-refractivity contribution >= 4 is 5.69 Å². The molecule has 100 valence electrons. The first-order chi connectivity index (χ1) is 8.80. The third-order valence-electron chi connectivity index (χ3n) is 3.93. The number of methoxy groups -OCH3 is 1. The van der Waals surface area contributed by atoms with Crippen molar-refractivity contribution in [3.63, 3.8) is 0 Å². The fraction of sp³-hybridized carbons (Fsp3) is 0.600. The minimum Gasteiger partial charge on any atom is -0.497 e. The van der Waals surface area contributed by atoms with Crippen LogP contribution in [-0.2, 0) is 6.54 Å². The molecule has 0 saturated heterocycles. The van der Waals surface area contributed by atoms with Gasteiger partial charge in [0.1, 0.15) is 5.75 Å². The van der Waals surface area contributed by atoms with Gasteiger partial charge in [0, 0.05) is 30.9 Å². The molecule has 2 N–H and O–H groups in total. The van der Waals surface area contributed by atoms with Crippen LogP contribution in [0.1, 0.15) is 38.2 Å². The van der Waals surface area contributed by atoms with Crippen LogP contribution in [0.2, 0.25) is 0 Å². The lowest BCUT2D eigenvalue weighted by Gasteiger charge is -2.32. The van der Waals surface area contributed by atoms with Gasteiger partial charge in [-0.2, -0.15) is 0 Å². The lowest BCUT2D eigenvalue weighted by atomic mass is 10.1. The number of anilines is 1. The molecule has 0 amide bonds. The van der Waals surface area contributed by atoms with E-state index in [1.807, 2.05) is 6.07 Å². The van der Waals surface area contributed by atoms with Crippen LogP contribution in [0.4, 0.5) is 5.69 Å². The van der Waals surface area contributed by atoms with E-state index < -0.39 is 0 Å². The van der Waals surface area contributed by atoms with Gasteiger partial charge < -0.3 is 15.4 Å². The molecule has 1 aromatic rings. The number of hydrogen-bond acceptors (Lipinski definition) is 3. The minimum absolute atomic E-state index is 0.586. The molecule has 3 heteroatoms. The van der Waals surface area contributed by atoms with Crippen LogP contribution in [0.5, 0.6) is 5.75 Å². The average molecular weight is 248 g/mol. The molecule has 0 heterocycles. The van der Waals surface area contributed by atoms with Gasteiger partial charge in [0.05, 0.1) is 7.11 Å². The summed E-state index contributed by atoms with van der Waals surface area (Å²) in [5.74, 6) is 0.915. The van der Waals surface area contributed by atoms with E-state index in [1.165, 1.54) is 36.9 Å². The summed E-state index contributed by atoms with van der Waals surface area (Å²) >= 11 is 0. The second-order valence-electron chi connectivity index (χ2n) is 4.92. The molecular weight excluding hydrogens is 224 g/mol. The Bertz CT molecular complexity index is 386. The second-order valence-corrected chi connectivity index (χ2v) is 4.92. The smallest absolute Gasteiger partial charge is 0.120 e. The van der Waals surface area contributed by atoms with Gasteiger partial charge in [-0.05, 0) is 31.4 Å². The summed E-state index contributed by atoms with van der Waals surface area (Å²) in [5.41, 5.74) is 8.33. The van der Waals surface area contributed by atoms with Gasteiger partial charge in [0.15, 0.2) is 0 Å². The van der Waals surface area contributed by atoms with Gasteiger partial charge in [-0.15, -0.1) is 0 Å². The number of rotatable bonds is 5. The molecule has 3 nitrogen and oxygen atoms in total. The zero-order valence-corrected chi connectivity index (χ0v) is 11.5. The largest absolute Gasteiger partial charge is 0.497 e. The summed E-state index contributed by atoms with van der Waals surface area (Å²) in [4.78, 5) is 2.50. The van der Waals surface area contributed by atoms with Crippen LogP contribution in [-0.4, -0.2) is 19.7 Å². The Balaban J connectivity index is 2.32. The molecule has 0 spiro atoms. The molecule has 18 heavy (non-hydrogen) atoms. The van der Waals surface area contributed by atoms with Gasteiger partial charge in [-0.25, -0.2) is 0 Å². The summed E-state index contributed by atoms with van der Waals surface area (Å²) < 4.78 is 5.34. The number of nitrogens with zero attached hydrogens (tertiary/aromatic N) is 1. The normalized spacial score (nSPS) is 15.9. The minimum atomic E-state index is 0.586. The first-order valence-corrected chi connectivity index (χ1v) is 6.93. The zero-order chi connectivity index (χ0) is 13.0. The molecule has 0 unspecified atom stereocenters. The van der Waals surface area contributed by atoms with E-state index >= 15 is 0 Å². The fourth-order valence-electron chi connectivity index (χ4n) is 2.95. The maximum Gasteiger partial charge on any atom is 0.120 e. The van der Waals surface area contributed by atoms with Crippen molar-refractivity contribution in [3.8, 4) is 5.75 Å². The summed E-state index contributed by atoms with van der Waals surface area (Å²) in [7, 11) is 1.72. The van der Waals surface area contributed by atoms with Crippen molar-refractivity contribution in [1.29, 1.82) is 0 Å². The molecule has 0 atom stereocenters. The Labute approximate surface area is 110 Å².